The number of alkyl carbamates (subject to hydrolysis) is 1. The molecule has 1 aromatic rings. The maximum Gasteiger partial charge on any atom is 0.407 e. The molecule has 9 heteroatoms. The zero-order valence-corrected chi connectivity index (χ0v) is 16.2. The second-order valence-electron chi connectivity index (χ2n) is 7.24. The monoisotopic (exact) mass is 391 g/mol. The largest absolute Gasteiger partial charge is 0.456 e. The summed E-state index contributed by atoms with van der Waals surface area (Å²) in [5, 5.41) is 5.22. The average Bonchev–Trinajstić information content (AvgIpc) is 2.61. The maximum absolute atomic E-state index is 12.4. The number of para-hydroxylation sites is 2. The lowest BCUT2D eigenvalue weighted by Crippen LogP contribution is -2.44. The van der Waals surface area contributed by atoms with Gasteiger partial charge in [0.15, 0.2) is 6.61 Å². The first-order valence-corrected chi connectivity index (χ1v) is 8.97. The van der Waals surface area contributed by atoms with Crippen LogP contribution >= 0.6 is 0 Å². The number of anilines is 2. The van der Waals surface area contributed by atoms with Gasteiger partial charge in [0.2, 0.25) is 5.91 Å². The van der Waals surface area contributed by atoms with E-state index in [1.165, 1.54) is 4.90 Å². The third-order valence-electron chi connectivity index (χ3n) is 3.65. The Kier molecular flexibility index (Phi) is 6.97. The third kappa shape index (κ3) is 6.57. The molecule has 1 heterocycles. The van der Waals surface area contributed by atoms with Crippen LogP contribution in [0.1, 0.15) is 33.6 Å². The highest BCUT2D eigenvalue weighted by Crippen LogP contribution is 2.28. The number of carbonyl (C=O) groups excluding carboxylic acids is 4. The van der Waals surface area contributed by atoms with Gasteiger partial charge in [0.25, 0.3) is 5.91 Å². The third-order valence-corrected chi connectivity index (χ3v) is 3.65. The summed E-state index contributed by atoms with van der Waals surface area (Å²) < 4.78 is 10.1. The minimum atomic E-state index is -0.590. The molecule has 1 aliphatic heterocycles. The lowest BCUT2D eigenvalue weighted by Gasteiger charge is -2.28. The molecule has 0 radical (unpaired) electrons. The predicted molar refractivity (Wildman–Crippen MR) is 102 cm³/mol. The molecule has 2 rings (SSSR count). The second kappa shape index (κ2) is 9.20. The number of hydrogen-bond donors (Lipinski definition) is 2. The normalized spacial score (nSPS) is 13.2. The Morgan fingerprint density at radius 1 is 1.21 bits per heavy atom. The van der Waals surface area contributed by atoms with Crippen molar-refractivity contribution in [2.24, 2.45) is 0 Å². The standard InChI is InChI=1S/C19H25N3O6/c1-19(2,3)28-18(26)20-10-6-9-17(25)27-12-16(24)22-11-15(23)21-13-7-4-5-8-14(13)22/h4-5,7-8H,6,9-12H2,1-3H3,(H,20,26)(H,21,23). The molecule has 0 bridgehead atoms. The van der Waals surface area contributed by atoms with Crippen LogP contribution in [-0.4, -0.2) is 49.2 Å². The highest BCUT2D eigenvalue weighted by Gasteiger charge is 2.27. The van der Waals surface area contributed by atoms with Crippen LogP contribution in [0.3, 0.4) is 0 Å². The number of nitrogens with zero attached hydrogens (tertiary/aromatic N) is 1. The summed E-state index contributed by atoms with van der Waals surface area (Å²) in [6, 6.07) is 6.89. The highest BCUT2D eigenvalue weighted by molar-refractivity contribution is 6.10. The number of ether oxygens (including phenoxy) is 2. The molecule has 9 nitrogen and oxygen atoms in total. The molecule has 1 aliphatic rings. The van der Waals surface area contributed by atoms with Crippen LogP contribution in [0.4, 0.5) is 16.2 Å². The Labute approximate surface area is 163 Å². The molecule has 0 saturated carbocycles. The van der Waals surface area contributed by atoms with Crippen LogP contribution < -0.4 is 15.5 Å². The minimum absolute atomic E-state index is 0.0418. The maximum atomic E-state index is 12.4. The molecule has 3 amide bonds. The topological polar surface area (TPSA) is 114 Å². The van der Waals surface area contributed by atoms with Crippen LogP contribution in [0.5, 0.6) is 0 Å². The first-order chi connectivity index (χ1) is 13.2. The van der Waals surface area contributed by atoms with Gasteiger partial charge < -0.3 is 20.1 Å². The van der Waals surface area contributed by atoms with E-state index in [-0.39, 0.29) is 25.4 Å². The van der Waals surface area contributed by atoms with E-state index in [0.717, 1.165) is 0 Å². The second-order valence-corrected chi connectivity index (χ2v) is 7.24. The summed E-state index contributed by atoms with van der Waals surface area (Å²) in [4.78, 5) is 48.7. The van der Waals surface area contributed by atoms with E-state index in [1.54, 1.807) is 45.0 Å². The molecule has 2 N–H and O–H groups in total. The quantitative estimate of drug-likeness (QED) is 0.565. The number of amides is 3. The predicted octanol–water partition coefficient (Wildman–Crippen LogP) is 1.82. The summed E-state index contributed by atoms with van der Waals surface area (Å²) in [5.41, 5.74) is 0.504. The van der Waals surface area contributed by atoms with E-state index in [2.05, 4.69) is 10.6 Å². The number of esters is 1. The molecule has 0 aromatic heterocycles. The van der Waals surface area contributed by atoms with E-state index < -0.39 is 30.2 Å². The van der Waals surface area contributed by atoms with Crippen molar-refractivity contribution in [3.63, 3.8) is 0 Å². The number of nitrogens with one attached hydrogen (secondary N) is 2. The van der Waals surface area contributed by atoms with Crippen LogP contribution in [0.2, 0.25) is 0 Å². The Morgan fingerprint density at radius 3 is 2.64 bits per heavy atom. The van der Waals surface area contributed by atoms with Crippen LogP contribution in [0, 0.1) is 0 Å². The molecule has 0 atom stereocenters. The fourth-order valence-electron chi connectivity index (χ4n) is 2.49. The Hall–Kier alpha value is -3.10. The van der Waals surface area contributed by atoms with Crippen LogP contribution in [0.15, 0.2) is 24.3 Å². The number of benzene rings is 1. The molecule has 0 spiro atoms. The van der Waals surface area contributed by atoms with E-state index in [4.69, 9.17) is 9.47 Å². The van der Waals surface area contributed by atoms with E-state index >= 15 is 0 Å². The van der Waals surface area contributed by atoms with Gasteiger partial charge in [-0.05, 0) is 39.3 Å². The number of hydrogen-bond acceptors (Lipinski definition) is 6. The molecule has 0 aliphatic carbocycles. The zero-order chi connectivity index (χ0) is 20.7. The summed E-state index contributed by atoms with van der Waals surface area (Å²) in [7, 11) is 0. The summed E-state index contributed by atoms with van der Waals surface area (Å²) in [6.07, 6.45) is -0.167. The van der Waals surface area contributed by atoms with Gasteiger partial charge in [-0.25, -0.2) is 4.79 Å². The lowest BCUT2D eigenvalue weighted by molar-refractivity contribution is -0.147. The molecule has 28 heavy (non-hydrogen) atoms. The summed E-state index contributed by atoms with van der Waals surface area (Å²) >= 11 is 0. The van der Waals surface area contributed by atoms with Gasteiger partial charge in [-0.3, -0.25) is 19.3 Å². The van der Waals surface area contributed by atoms with Crippen molar-refractivity contribution < 1.29 is 28.7 Å². The number of carbonyl (C=O) groups is 4. The molecule has 152 valence electrons. The SMILES string of the molecule is CC(C)(C)OC(=O)NCCCC(=O)OCC(=O)N1CC(=O)Nc2ccccc21. The van der Waals surface area contributed by atoms with E-state index in [1.807, 2.05) is 0 Å². The van der Waals surface area contributed by atoms with E-state index in [9.17, 15) is 19.2 Å². The molecular weight excluding hydrogens is 366 g/mol. The summed E-state index contributed by atoms with van der Waals surface area (Å²) in [5.74, 6) is -1.36. The van der Waals surface area contributed by atoms with Crippen molar-refractivity contribution in [2.75, 3.05) is 29.9 Å². The zero-order valence-electron chi connectivity index (χ0n) is 16.2. The first-order valence-electron chi connectivity index (χ1n) is 8.97. The van der Waals surface area contributed by atoms with Crippen molar-refractivity contribution in [1.82, 2.24) is 5.32 Å². The fraction of sp³-hybridized carbons (Fsp3) is 0.474. The smallest absolute Gasteiger partial charge is 0.407 e. The molecule has 1 aromatic carbocycles. The minimum Gasteiger partial charge on any atom is -0.456 e. The molecule has 0 unspecified atom stereocenters. The lowest BCUT2D eigenvalue weighted by atomic mass is 10.2. The van der Waals surface area contributed by atoms with Gasteiger partial charge in [0, 0.05) is 13.0 Å². The van der Waals surface area contributed by atoms with Crippen molar-refractivity contribution in [2.45, 2.75) is 39.2 Å². The highest BCUT2D eigenvalue weighted by atomic mass is 16.6. The Balaban J connectivity index is 1.72. The number of rotatable bonds is 6. The number of fused-ring (bicyclic) bond motifs is 1. The van der Waals surface area contributed by atoms with Gasteiger partial charge in [-0.15, -0.1) is 0 Å². The average molecular weight is 391 g/mol. The molecule has 0 fully saturated rings. The van der Waals surface area contributed by atoms with Gasteiger partial charge >= 0.3 is 12.1 Å². The van der Waals surface area contributed by atoms with E-state index in [0.29, 0.717) is 17.8 Å². The molecular formula is C19H25N3O6. The fourth-order valence-corrected chi connectivity index (χ4v) is 2.49. The van der Waals surface area contributed by atoms with Gasteiger partial charge in [0.1, 0.15) is 12.1 Å². The van der Waals surface area contributed by atoms with Crippen LogP contribution in [0.25, 0.3) is 0 Å². The van der Waals surface area contributed by atoms with Crippen molar-refractivity contribution in [1.29, 1.82) is 0 Å². The van der Waals surface area contributed by atoms with Crippen LogP contribution in [-0.2, 0) is 23.9 Å². The summed E-state index contributed by atoms with van der Waals surface area (Å²) in [6.45, 7) is 4.92. The van der Waals surface area contributed by atoms with Crippen molar-refractivity contribution >= 4 is 35.3 Å². The van der Waals surface area contributed by atoms with Crippen molar-refractivity contribution in [3.05, 3.63) is 24.3 Å². The van der Waals surface area contributed by atoms with Crippen molar-refractivity contribution in [3.8, 4) is 0 Å². The Morgan fingerprint density at radius 2 is 1.93 bits per heavy atom. The van der Waals surface area contributed by atoms with Gasteiger partial charge in [-0.1, -0.05) is 12.1 Å². The molecule has 0 saturated heterocycles. The van der Waals surface area contributed by atoms with Gasteiger partial charge in [0.05, 0.1) is 11.4 Å². The van der Waals surface area contributed by atoms with Gasteiger partial charge in [-0.2, -0.15) is 0 Å². The Bertz CT molecular complexity index is 756. The first kappa shape index (κ1) is 21.2.